The van der Waals surface area contributed by atoms with Gasteiger partial charge in [0.2, 0.25) is 0 Å². The van der Waals surface area contributed by atoms with E-state index in [-0.39, 0.29) is 23.8 Å². The van der Waals surface area contributed by atoms with Gasteiger partial charge in [0, 0.05) is 12.3 Å². The molecule has 4 heteroatoms. The molecule has 16 heavy (non-hydrogen) atoms. The van der Waals surface area contributed by atoms with Crippen molar-refractivity contribution in [3.8, 4) is 0 Å². The molecule has 4 unspecified atom stereocenters. The van der Waals surface area contributed by atoms with Gasteiger partial charge in [-0.25, -0.2) is 0 Å². The van der Waals surface area contributed by atoms with Crippen molar-refractivity contribution in [2.75, 3.05) is 0 Å². The molecule has 4 nitrogen and oxygen atoms in total. The lowest BCUT2D eigenvalue weighted by Crippen LogP contribution is -2.54. The van der Waals surface area contributed by atoms with E-state index in [9.17, 15) is 19.5 Å². The fourth-order valence-electron chi connectivity index (χ4n) is 3.03. The fraction of sp³-hybridized carbons (Fsp3) is 0.750. The van der Waals surface area contributed by atoms with Crippen LogP contribution in [0.5, 0.6) is 0 Å². The Bertz CT molecular complexity index is 343. The number of aliphatic hydroxyl groups is 1. The summed E-state index contributed by atoms with van der Waals surface area (Å²) >= 11 is 0. The lowest BCUT2D eigenvalue weighted by Gasteiger charge is -2.42. The van der Waals surface area contributed by atoms with Gasteiger partial charge in [0.1, 0.15) is 17.3 Å². The second-order valence-electron chi connectivity index (χ2n) is 5.04. The highest BCUT2D eigenvalue weighted by molar-refractivity contribution is 6.03. The summed E-state index contributed by atoms with van der Waals surface area (Å²) in [5, 5.41) is 10.1. The lowest BCUT2D eigenvalue weighted by molar-refractivity contribution is -0.155. The molecule has 1 fully saturated rings. The average Bonchev–Trinajstić information content (AvgIpc) is 1.97. The summed E-state index contributed by atoms with van der Waals surface area (Å²) in [4.78, 5) is 34.6. The van der Waals surface area contributed by atoms with Crippen LogP contribution >= 0.6 is 0 Å². The Morgan fingerprint density at radius 3 is 2.19 bits per heavy atom. The third kappa shape index (κ3) is 2.07. The fourth-order valence-corrected chi connectivity index (χ4v) is 3.03. The SMILES string of the molecule is CC(=O)C1C(=O)CC(C)(O)C(C(C)=O)C1C. The molecule has 0 saturated heterocycles. The maximum Gasteiger partial charge on any atom is 0.146 e. The van der Waals surface area contributed by atoms with E-state index in [1.807, 2.05) is 0 Å². The van der Waals surface area contributed by atoms with Crippen LogP contribution < -0.4 is 0 Å². The first-order valence-electron chi connectivity index (χ1n) is 5.44. The maximum absolute atomic E-state index is 11.7. The molecule has 0 aliphatic heterocycles. The summed E-state index contributed by atoms with van der Waals surface area (Å²) in [5.41, 5.74) is -1.33. The normalized spacial score (nSPS) is 39.6. The number of carbonyl (C=O) groups is 3. The summed E-state index contributed by atoms with van der Waals surface area (Å²) in [5.74, 6) is -2.46. The van der Waals surface area contributed by atoms with Gasteiger partial charge in [-0.1, -0.05) is 6.92 Å². The molecular formula is C12H18O4. The molecule has 1 aliphatic rings. The molecule has 0 heterocycles. The van der Waals surface area contributed by atoms with Gasteiger partial charge in [-0.3, -0.25) is 14.4 Å². The molecular weight excluding hydrogens is 208 g/mol. The average molecular weight is 226 g/mol. The highest BCUT2D eigenvalue weighted by Crippen LogP contribution is 2.40. The van der Waals surface area contributed by atoms with Crippen molar-refractivity contribution >= 4 is 17.3 Å². The van der Waals surface area contributed by atoms with Gasteiger partial charge in [0.05, 0.1) is 11.5 Å². The molecule has 0 aromatic carbocycles. The minimum atomic E-state index is -1.33. The van der Waals surface area contributed by atoms with Crippen molar-refractivity contribution in [1.29, 1.82) is 0 Å². The molecule has 0 spiro atoms. The maximum atomic E-state index is 11.7. The second-order valence-corrected chi connectivity index (χ2v) is 5.04. The van der Waals surface area contributed by atoms with E-state index in [0.717, 1.165) is 0 Å². The zero-order valence-electron chi connectivity index (χ0n) is 10.1. The molecule has 0 bridgehead atoms. The van der Waals surface area contributed by atoms with Crippen molar-refractivity contribution < 1.29 is 19.5 Å². The molecule has 0 aromatic heterocycles. The summed E-state index contributed by atoms with van der Waals surface area (Å²) < 4.78 is 0. The third-order valence-electron chi connectivity index (χ3n) is 3.48. The molecule has 0 aromatic rings. The molecule has 0 radical (unpaired) electrons. The van der Waals surface area contributed by atoms with Crippen molar-refractivity contribution in [3.05, 3.63) is 0 Å². The topological polar surface area (TPSA) is 71.4 Å². The van der Waals surface area contributed by atoms with Crippen molar-refractivity contribution in [2.24, 2.45) is 17.8 Å². The Morgan fingerprint density at radius 1 is 1.31 bits per heavy atom. The Kier molecular flexibility index (Phi) is 3.33. The predicted octanol–water partition coefficient (Wildman–Crippen LogP) is 0.757. The molecule has 1 aliphatic carbocycles. The van der Waals surface area contributed by atoms with E-state index in [1.54, 1.807) is 6.92 Å². The number of hydrogen-bond donors (Lipinski definition) is 1. The summed E-state index contributed by atoms with van der Waals surface area (Å²) in [7, 11) is 0. The molecule has 4 atom stereocenters. The Morgan fingerprint density at radius 2 is 1.81 bits per heavy atom. The molecule has 90 valence electrons. The van der Waals surface area contributed by atoms with Crippen LogP contribution in [0.4, 0.5) is 0 Å². The highest BCUT2D eigenvalue weighted by Gasteiger charge is 2.51. The first-order valence-corrected chi connectivity index (χ1v) is 5.44. The van der Waals surface area contributed by atoms with Crippen LogP contribution in [-0.4, -0.2) is 28.1 Å². The van der Waals surface area contributed by atoms with E-state index < -0.39 is 23.4 Å². The number of rotatable bonds is 2. The minimum Gasteiger partial charge on any atom is -0.389 e. The number of carbonyl (C=O) groups excluding carboxylic acids is 3. The van der Waals surface area contributed by atoms with E-state index >= 15 is 0 Å². The van der Waals surface area contributed by atoms with Crippen LogP contribution in [0.3, 0.4) is 0 Å². The van der Waals surface area contributed by atoms with Crippen LogP contribution in [-0.2, 0) is 14.4 Å². The van der Waals surface area contributed by atoms with Gasteiger partial charge in [-0.2, -0.15) is 0 Å². The highest BCUT2D eigenvalue weighted by atomic mass is 16.3. The summed E-state index contributed by atoms with van der Waals surface area (Å²) in [6.07, 6.45) is -0.119. The second kappa shape index (κ2) is 4.09. The van der Waals surface area contributed by atoms with Crippen LogP contribution in [0.25, 0.3) is 0 Å². The minimum absolute atomic E-state index is 0.119. The Balaban J connectivity index is 3.13. The predicted molar refractivity (Wildman–Crippen MR) is 57.8 cm³/mol. The summed E-state index contributed by atoms with van der Waals surface area (Å²) in [6, 6.07) is 0. The molecule has 1 rings (SSSR count). The van der Waals surface area contributed by atoms with Crippen molar-refractivity contribution in [2.45, 2.75) is 39.7 Å². The van der Waals surface area contributed by atoms with Gasteiger partial charge >= 0.3 is 0 Å². The van der Waals surface area contributed by atoms with Gasteiger partial charge in [-0.15, -0.1) is 0 Å². The smallest absolute Gasteiger partial charge is 0.146 e. The van der Waals surface area contributed by atoms with Crippen molar-refractivity contribution in [3.63, 3.8) is 0 Å². The first-order chi connectivity index (χ1) is 7.18. The lowest BCUT2D eigenvalue weighted by atomic mass is 9.62. The molecule has 0 amide bonds. The largest absolute Gasteiger partial charge is 0.389 e. The Labute approximate surface area is 95.0 Å². The van der Waals surface area contributed by atoms with Gasteiger partial charge in [-0.05, 0) is 26.7 Å². The van der Waals surface area contributed by atoms with Gasteiger partial charge in [0.25, 0.3) is 0 Å². The van der Waals surface area contributed by atoms with E-state index in [0.29, 0.717) is 0 Å². The van der Waals surface area contributed by atoms with E-state index in [1.165, 1.54) is 20.8 Å². The molecule has 1 saturated carbocycles. The van der Waals surface area contributed by atoms with Crippen LogP contribution in [0, 0.1) is 17.8 Å². The van der Waals surface area contributed by atoms with Crippen LogP contribution in [0.2, 0.25) is 0 Å². The number of Topliss-reactive ketones (excluding diaryl/α,β-unsaturated/α-hetero) is 3. The van der Waals surface area contributed by atoms with Crippen LogP contribution in [0.15, 0.2) is 0 Å². The zero-order chi connectivity index (χ0) is 12.7. The monoisotopic (exact) mass is 226 g/mol. The zero-order valence-corrected chi connectivity index (χ0v) is 10.1. The quantitative estimate of drug-likeness (QED) is 0.705. The Hall–Kier alpha value is -1.03. The number of ketones is 3. The first kappa shape index (κ1) is 13.0. The summed E-state index contributed by atoms with van der Waals surface area (Å²) in [6.45, 7) is 5.92. The standard InChI is InChI=1S/C12H18O4/c1-6-10(7(2)13)9(15)5-12(4,16)11(6)8(3)14/h6,10-11,16H,5H2,1-4H3. The molecule has 1 N–H and O–H groups in total. The number of hydrogen-bond acceptors (Lipinski definition) is 4. The van der Waals surface area contributed by atoms with E-state index in [2.05, 4.69) is 0 Å². The third-order valence-corrected chi connectivity index (χ3v) is 3.48. The van der Waals surface area contributed by atoms with Gasteiger partial charge in [0.15, 0.2) is 0 Å². The van der Waals surface area contributed by atoms with Gasteiger partial charge < -0.3 is 5.11 Å². The van der Waals surface area contributed by atoms with Crippen molar-refractivity contribution in [1.82, 2.24) is 0 Å². The van der Waals surface area contributed by atoms with E-state index in [4.69, 9.17) is 0 Å². The van der Waals surface area contributed by atoms with Crippen LogP contribution in [0.1, 0.15) is 34.1 Å².